The average Bonchev–Trinajstić information content (AvgIpc) is 2.80. The Morgan fingerprint density at radius 1 is 1.00 bits per heavy atom. The Morgan fingerprint density at radius 3 is 2.39 bits per heavy atom. The summed E-state index contributed by atoms with van der Waals surface area (Å²) in [6, 6.07) is 16.5. The van der Waals surface area contributed by atoms with Gasteiger partial charge in [-0.25, -0.2) is 0 Å². The molecule has 2 atom stereocenters. The van der Waals surface area contributed by atoms with Crippen LogP contribution in [-0.2, 0) is 4.79 Å². The van der Waals surface area contributed by atoms with E-state index < -0.39 is 0 Å². The van der Waals surface area contributed by atoms with E-state index in [0.717, 1.165) is 43.6 Å². The first-order chi connectivity index (χ1) is 15.1. The number of likely N-dealkylation sites (N-methyl/N-ethyl adjacent to an activating group) is 1. The highest BCUT2D eigenvalue weighted by atomic mass is 16.5. The van der Waals surface area contributed by atoms with Crippen LogP contribution in [0.5, 0.6) is 11.5 Å². The van der Waals surface area contributed by atoms with E-state index in [0.29, 0.717) is 12.2 Å². The van der Waals surface area contributed by atoms with E-state index in [4.69, 9.17) is 9.47 Å². The van der Waals surface area contributed by atoms with E-state index in [1.807, 2.05) is 42.5 Å². The van der Waals surface area contributed by atoms with Crippen LogP contribution in [0.3, 0.4) is 0 Å². The number of hydrogen-bond donors (Lipinski definition) is 1. The lowest BCUT2D eigenvalue weighted by molar-refractivity contribution is -0.123. The molecule has 166 valence electrons. The van der Waals surface area contributed by atoms with Gasteiger partial charge in [0.1, 0.15) is 17.6 Å². The molecule has 0 saturated heterocycles. The van der Waals surface area contributed by atoms with E-state index >= 15 is 0 Å². The molecule has 0 aromatic heterocycles. The molecule has 1 aliphatic rings. The zero-order valence-electron chi connectivity index (χ0n) is 18.4. The molecule has 0 bridgehead atoms. The van der Waals surface area contributed by atoms with Crippen LogP contribution >= 0.6 is 0 Å². The summed E-state index contributed by atoms with van der Waals surface area (Å²) in [5, 5.41) is 3.08. The molecular weight excluding hydrogens is 392 g/mol. The highest BCUT2D eigenvalue weighted by molar-refractivity contribution is 5.96. The van der Waals surface area contributed by atoms with Crippen molar-refractivity contribution in [2.24, 2.45) is 0 Å². The molecule has 0 heterocycles. The van der Waals surface area contributed by atoms with Gasteiger partial charge < -0.3 is 19.7 Å². The molecule has 0 unspecified atom stereocenters. The monoisotopic (exact) mass is 424 g/mol. The lowest BCUT2D eigenvalue weighted by Crippen LogP contribution is -2.50. The van der Waals surface area contributed by atoms with Crippen LogP contribution in [0.2, 0.25) is 0 Å². The summed E-state index contributed by atoms with van der Waals surface area (Å²) in [4.78, 5) is 26.5. The third-order valence-corrected chi connectivity index (χ3v) is 5.38. The fraction of sp³-hybridized carbons (Fsp3) is 0.440. The fourth-order valence-corrected chi connectivity index (χ4v) is 3.75. The van der Waals surface area contributed by atoms with Crippen molar-refractivity contribution in [1.82, 2.24) is 10.2 Å². The molecule has 2 amide bonds. The maximum absolute atomic E-state index is 12.6. The second-order valence-corrected chi connectivity index (χ2v) is 7.96. The second-order valence-electron chi connectivity index (χ2n) is 7.96. The van der Waals surface area contributed by atoms with Crippen molar-refractivity contribution < 1.29 is 19.1 Å². The predicted molar refractivity (Wildman–Crippen MR) is 120 cm³/mol. The van der Waals surface area contributed by atoms with Gasteiger partial charge in [-0.2, -0.15) is 0 Å². The molecule has 0 spiro atoms. The predicted octanol–water partition coefficient (Wildman–Crippen LogP) is 4.05. The minimum atomic E-state index is -0.171. The minimum absolute atomic E-state index is 0.0143. The number of ether oxygens (including phenoxy) is 2. The molecule has 31 heavy (non-hydrogen) atoms. The maximum atomic E-state index is 12.6. The van der Waals surface area contributed by atoms with Gasteiger partial charge in [0.05, 0.1) is 19.2 Å². The van der Waals surface area contributed by atoms with Gasteiger partial charge in [-0.3, -0.25) is 9.59 Å². The van der Waals surface area contributed by atoms with Crippen molar-refractivity contribution in [3.63, 3.8) is 0 Å². The Labute approximate surface area is 184 Å². The van der Waals surface area contributed by atoms with E-state index in [1.165, 1.54) is 4.90 Å². The van der Waals surface area contributed by atoms with Gasteiger partial charge in [0.15, 0.2) is 0 Å². The third kappa shape index (κ3) is 6.74. The van der Waals surface area contributed by atoms with Crippen LogP contribution in [0.1, 0.15) is 49.4 Å². The zero-order chi connectivity index (χ0) is 22.1. The van der Waals surface area contributed by atoms with Crippen molar-refractivity contribution in [3.05, 3.63) is 60.2 Å². The lowest BCUT2D eigenvalue weighted by Gasteiger charge is -2.33. The average molecular weight is 425 g/mol. The summed E-state index contributed by atoms with van der Waals surface area (Å²) < 4.78 is 11.8. The lowest BCUT2D eigenvalue weighted by atomic mass is 9.92. The standard InChI is InChI=1S/C25H32N2O4/c1-3-17-30-20-13-15-21(16-14-20)31-23-12-8-7-11-22(23)26-24(28)18-27(2)25(29)19-9-5-4-6-10-19/h4-6,9-10,13-16,22-23H,3,7-8,11-12,17-18H2,1-2H3,(H,26,28)/t22-,23+/m0/s1. The summed E-state index contributed by atoms with van der Waals surface area (Å²) in [5.41, 5.74) is 0.572. The first kappa shape index (κ1) is 22.7. The molecule has 1 saturated carbocycles. The molecular formula is C25H32N2O4. The summed E-state index contributed by atoms with van der Waals surface area (Å²) in [5.74, 6) is 1.26. The largest absolute Gasteiger partial charge is 0.494 e. The summed E-state index contributed by atoms with van der Waals surface area (Å²) in [6.07, 6.45) is 4.75. The highest BCUT2D eigenvalue weighted by Gasteiger charge is 2.29. The number of amides is 2. The van der Waals surface area contributed by atoms with Gasteiger partial charge in [-0.15, -0.1) is 0 Å². The van der Waals surface area contributed by atoms with Crippen molar-refractivity contribution >= 4 is 11.8 Å². The summed E-state index contributed by atoms with van der Waals surface area (Å²) >= 11 is 0. The molecule has 1 aliphatic carbocycles. The molecule has 1 fully saturated rings. The van der Waals surface area contributed by atoms with E-state index in [-0.39, 0.29) is 30.5 Å². The van der Waals surface area contributed by atoms with Crippen molar-refractivity contribution in [1.29, 1.82) is 0 Å². The van der Waals surface area contributed by atoms with E-state index in [2.05, 4.69) is 12.2 Å². The third-order valence-electron chi connectivity index (χ3n) is 5.38. The van der Waals surface area contributed by atoms with Gasteiger partial charge in [-0.05, 0) is 62.1 Å². The SMILES string of the molecule is CCCOc1ccc(O[C@@H]2CCCC[C@@H]2NC(=O)CN(C)C(=O)c2ccccc2)cc1. The van der Waals surface area contributed by atoms with Crippen molar-refractivity contribution in [2.75, 3.05) is 20.2 Å². The Balaban J connectivity index is 1.54. The molecule has 0 aliphatic heterocycles. The van der Waals surface area contributed by atoms with Gasteiger partial charge in [-0.1, -0.05) is 31.5 Å². The topological polar surface area (TPSA) is 67.9 Å². The van der Waals surface area contributed by atoms with Gasteiger partial charge in [0, 0.05) is 12.6 Å². The minimum Gasteiger partial charge on any atom is -0.494 e. The molecule has 2 aromatic carbocycles. The van der Waals surface area contributed by atoms with Gasteiger partial charge in [0.2, 0.25) is 5.91 Å². The quantitative estimate of drug-likeness (QED) is 0.659. The van der Waals surface area contributed by atoms with Gasteiger partial charge >= 0.3 is 0 Å². The Kier molecular flexibility index (Phi) is 8.33. The van der Waals surface area contributed by atoms with Crippen LogP contribution in [-0.4, -0.2) is 49.1 Å². The van der Waals surface area contributed by atoms with Crippen molar-refractivity contribution in [2.45, 2.75) is 51.2 Å². The van der Waals surface area contributed by atoms with Crippen LogP contribution < -0.4 is 14.8 Å². The van der Waals surface area contributed by atoms with E-state index in [1.54, 1.807) is 19.2 Å². The van der Waals surface area contributed by atoms with Crippen LogP contribution in [0.15, 0.2) is 54.6 Å². The number of carbonyl (C=O) groups is 2. The van der Waals surface area contributed by atoms with Crippen LogP contribution in [0.25, 0.3) is 0 Å². The molecule has 3 rings (SSSR count). The second kappa shape index (κ2) is 11.4. The number of benzene rings is 2. The maximum Gasteiger partial charge on any atom is 0.254 e. The Morgan fingerprint density at radius 2 is 1.68 bits per heavy atom. The highest BCUT2D eigenvalue weighted by Crippen LogP contribution is 2.25. The first-order valence-electron chi connectivity index (χ1n) is 11.1. The Bertz CT molecular complexity index is 838. The molecule has 6 nitrogen and oxygen atoms in total. The summed E-state index contributed by atoms with van der Waals surface area (Å²) in [6.45, 7) is 2.78. The van der Waals surface area contributed by atoms with E-state index in [9.17, 15) is 9.59 Å². The first-order valence-corrected chi connectivity index (χ1v) is 11.1. The number of rotatable bonds is 9. The van der Waals surface area contributed by atoms with Crippen molar-refractivity contribution in [3.8, 4) is 11.5 Å². The fourth-order valence-electron chi connectivity index (χ4n) is 3.75. The van der Waals surface area contributed by atoms with Crippen LogP contribution in [0.4, 0.5) is 0 Å². The molecule has 2 aromatic rings. The number of carbonyl (C=O) groups excluding carboxylic acids is 2. The van der Waals surface area contributed by atoms with Gasteiger partial charge in [0.25, 0.3) is 5.91 Å². The molecule has 0 radical (unpaired) electrons. The molecule has 6 heteroatoms. The summed E-state index contributed by atoms with van der Waals surface area (Å²) in [7, 11) is 1.64. The number of hydrogen-bond acceptors (Lipinski definition) is 4. The number of nitrogens with zero attached hydrogens (tertiary/aromatic N) is 1. The smallest absolute Gasteiger partial charge is 0.254 e. The number of nitrogens with one attached hydrogen (secondary N) is 1. The normalized spacial score (nSPS) is 18.1. The van der Waals surface area contributed by atoms with Crippen LogP contribution in [0, 0.1) is 0 Å². The Hall–Kier alpha value is -3.02. The zero-order valence-corrected chi connectivity index (χ0v) is 18.4. The molecule has 1 N–H and O–H groups in total.